The third kappa shape index (κ3) is 4.53. The predicted molar refractivity (Wildman–Crippen MR) is 93.6 cm³/mol. The SMILES string of the molecule is Cc1nc(CN2CCN(C(=O)CNc3ccccc3)CC2)cs1. The van der Waals surface area contributed by atoms with Gasteiger partial charge in [0.15, 0.2) is 0 Å². The predicted octanol–water partition coefficient (Wildman–Crippen LogP) is 2.21. The van der Waals surface area contributed by atoms with Crippen molar-refractivity contribution in [1.82, 2.24) is 14.8 Å². The van der Waals surface area contributed by atoms with Gasteiger partial charge in [-0.3, -0.25) is 9.69 Å². The highest BCUT2D eigenvalue weighted by Gasteiger charge is 2.21. The Morgan fingerprint density at radius 3 is 2.61 bits per heavy atom. The molecule has 1 N–H and O–H groups in total. The van der Waals surface area contributed by atoms with Crippen LogP contribution in [0.5, 0.6) is 0 Å². The van der Waals surface area contributed by atoms with Gasteiger partial charge in [0.1, 0.15) is 0 Å². The van der Waals surface area contributed by atoms with Gasteiger partial charge in [-0.25, -0.2) is 4.98 Å². The molecule has 2 heterocycles. The Hall–Kier alpha value is -1.92. The van der Waals surface area contributed by atoms with E-state index in [-0.39, 0.29) is 5.91 Å². The molecule has 6 heteroatoms. The molecule has 1 aliphatic heterocycles. The number of aryl methyl sites for hydroxylation is 1. The first-order chi connectivity index (χ1) is 11.2. The lowest BCUT2D eigenvalue weighted by Gasteiger charge is -2.34. The number of carbonyl (C=O) groups is 1. The lowest BCUT2D eigenvalue weighted by molar-refractivity contribution is -0.131. The summed E-state index contributed by atoms with van der Waals surface area (Å²) in [6.07, 6.45) is 0. The van der Waals surface area contributed by atoms with Gasteiger partial charge in [0.2, 0.25) is 5.91 Å². The fraction of sp³-hybridized carbons (Fsp3) is 0.412. The molecule has 1 saturated heterocycles. The van der Waals surface area contributed by atoms with Gasteiger partial charge in [0.25, 0.3) is 0 Å². The van der Waals surface area contributed by atoms with E-state index >= 15 is 0 Å². The molecule has 1 amide bonds. The zero-order chi connectivity index (χ0) is 16.1. The molecular formula is C17H22N4OS. The highest BCUT2D eigenvalue weighted by molar-refractivity contribution is 7.09. The van der Waals surface area contributed by atoms with E-state index < -0.39 is 0 Å². The van der Waals surface area contributed by atoms with E-state index in [4.69, 9.17) is 0 Å². The van der Waals surface area contributed by atoms with Crippen molar-refractivity contribution < 1.29 is 4.79 Å². The standard InChI is InChI=1S/C17H22N4OS/c1-14-19-16(13-23-14)12-20-7-9-21(10-8-20)17(22)11-18-15-5-3-2-4-6-15/h2-6,13,18H,7-12H2,1H3. The molecule has 122 valence electrons. The van der Waals surface area contributed by atoms with E-state index in [0.717, 1.165) is 49.1 Å². The van der Waals surface area contributed by atoms with Gasteiger partial charge >= 0.3 is 0 Å². The summed E-state index contributed by atoms with van der Waals surface area (Å²) >= 11 is 1.69. The van der Waals surface area contributed by atoms with Gasteiger partial charge in [0.05, 0.1) is 17.2 Å². The van der Waals surface area contributed by atoms with Crippen molar-refractivity contribution in [3.05, 3.63) is 46.4 Å². The van der Waals surface area contributed by atoms with Crippen LogP contribution in [0.25, 0.3) is 0 Å². The molecular weight excluding hydrogens is 308 g/mol. The van der Waals surface area contributed by atoms with E-state index in [1.807, 2.05) is 42.2 Å². The molecule has 1 aliphatic rings. The maximum Gasteiger partial charge on any atom is 0.241 e. The Balaban J connectivity index is 1.42. The smallest absolute Gasteiger partial charge is 0.241 e. The summed E-state index contributed by atoms with van der Waals surface area (Å²) in [5.74, 6) is 0.165. The van der Waals surface area contributed by atoms with Crippen molar-refractivity contribution in [1.29, 1.82) is 0 Å². The Morgan fingerprint density at radius 2 is 1.96 bits per heavy atom. The quantitative estimate of drug-likeness (QED) is 0.913. The molecule has 3 rings (SSSR count). The highest BCUT2D eigenvalue weighted by atomic mass is 32.1. The molecule has 0 atom stereocenters. The van der Waals surface area contributed by atoms with Crippen LogP contribution in [-0.4, -0.2) is 53.4 Å². The summed E-state index contributed by atoms with van der Waals surface area (Å²) in [6, 6.07) is 9.84. The number of piperazine rings is 1. The average Bonchev–Trinajstić information content (AvgIpc) is 2.99. The lowest BCUT2D eigenvalue weighted by atomic mass is 10.3. The first-order valence-corrected chi connectivity index (χ1v) is 8.79. The van der Waals surface area contributed by atoms with Crippen LogP contribution in [0.1, 0.15) is 10.7 Å². The minimum atomic E-state index is 0.165. The molecule has 1 aromatic carbocycles. The van der Waals surface area contributed by atoms with E-state index in [2.05, 4.69) is 20.6 Å². The number of para-hydroxylation sites is 1. The van der Waals surface area contributed by atoms with Crippen LogP contribution < -0.4 is 5.32 Å². The number of rotatable bonds is 5. The van der Waals surface area contributed by atoms with Gasteiger partial charge in [-0.1, -0.05) is 18.2 Å². The summed E-state index contributed by atoms with van der Waals surface area (Å²) in [6.45, 7) is 6.67. The molecule has 1 fully saturated rings. The Morgan fingerprint density at radius 1 is 1.22 bits per heavy atom. The molecule has 23 heavy (non-hydrogen) atoms. The van der Waals surface area contributed by atoms with Crippen LogP contribution in [0, 0.1) is 6.92 Å². The number of thiazole rings is 1. The second-order valence-electron chi connectivity index (χ2n) is 5.73. The topological polar surface area (TPSA) is 48.5 Å². The molecule has 5 nitrogen and oxygen atoms in total. The van der Waals surface area contributed by atoms with Gasteiger partial charge < -0.3 is 10.2 Å². The molecule has 0 saturated carbocycles. The summed E-state index contributed by atoms with van der Waals surface area (Å²) in [7, 11) is 0. The van der Waals surface area contributed by atoms with Crippen molar-refractivity contribution in [2.75, 3.05) is 38.0 Å². The number of anilines is 1. The van der Waals surface area contributed by atoms with Gasteiger partial charge in [-0.05, 0) is 19.1 Å². The number of nitrogens with one attached hydrogen (secondary N) is 1. The summed E-state index contributed by atoms with van der Waals surface area (Å²) in [5, 5.41) is 6.42. The zero-order valence-corrected chi connectivity index (χ0v) is 14.2. The van der Waals surface area contributed by atoms with E-state index in [1.54, 1.807) is 11.3 Å². The first-order valence-electron chi connectivity index (χ1n) is 7.91. The number of nitrogens with zero attached hydrogens (tertiary/aromatic N) is 3. The maximum atomic E-state index is 12.3. The summed E-state index contributed by atoms with van der Waals surface area (Å²) < 4.78 is 0. The molecule has 0 radical (unpaired) electrons. The molecule has 0 spiro atoms. The monoisotopic (exact) mass is 330 g/mol. The van der Waals surface area contributed by atoms with Crippen LogP contribution >= 0.6 is 11.3 Å². The van der Waals surface area contributed by atoms with Crippen LogP contribution in [-0.2, 0) is 11.3 Å². The van der Waals surface area contributed by atoms with Crippen LogP contribution in [0.15, 0.2) is 35.7 Å². The van der Waals surface area contributed by atoms with E-state index in [0.29, 0.717) is 6.54 Å². The summed E-state index contributed by atoms with van der Waals surface area (Å²) in [5.41, 5.74) is 2.12. The van der Waals surface area contributed by atoms with E-state index in [1.165, 1.54) is 0 Å². The largest absolute Gasteiger partial charge is 0.376 e. The Labute approximate surface area is 140 Å². The second-order valence-corrected chi connectivity index (χ2v) is 6.80. The van der Waals surface area contributed by atoms with Crippen molar-refractivity contribution in [2.24, 2.45) is 0 Å². The molecule has 0 unspecified atom stereocenters. The lowest BCUT2D eigenvalue weighted by Crippen LogP contribution is -2.49. The number of aromatic nitrogens is 1. The third-order valence-corrected chi connectivity index (χ3v) is 4.82. The molecule has 0 bridgehead atoms. The van der Waals surface area contributed by atoms with Crippen molar-refractivity contribution in [2.45, 2.75) is 13.5 Å². The Kier molecular flexibility index (Phi) is 5.25. The number of amides is 1. The zero-order valence-electron chi connectivity index (χ0n) is 13.4. The minimum absolute atomic E-state index is 0.165. The van der Waals surface area contributed by atoms with Gasteiger partial charge in [-0.2, -0.15) is 0 Å². The van der Waals surface area contributed by atoms with Crippen LogP contribution in [0.4, 0.5) is 5.69 Å². The van der Waals surface area contributed by atoms with Crippen molar-refractivity contribution in [3.8, 4) is 0 Å². The molecule has 2 aromatic rings. The number of hydrogen-bond donors (Lipinski definition) is 1. The van der Waals surface area contributed by atoms with Crippen LogP contribution in [0.2, 0.25) is 0 Å². The van der Waals surface area contributed by atoms with E-state index in [9.17, 15) is 4.79 Å². The van der Waals surface area contributed by atoms with Crippen molar-refractivity contribution in [3.63, 3.8) is 0 Å². The number of benzene rings is 1. The summed E-state index contributed by atoms with van der Waals surface area (Å²) in [4.78, 5) is 21.1. The molecule has 1 aromatic heterocycles. The average molecular weight is 330 g/mol. The Bertz CT molecular complexity index is 635. The first kappa shape index (κ1) is 16.0. The van der Waals surface area contributed by atoms with Gasteiger partial charge in [0, 0.05) is 43.8 Å². The van der Waals surface area contributed by atoms with Crippen molar-refractivity contribution >= 4 is 22.9 Å². The fourth-order valence-electron chi connectivity index (χ4n) is 2.71. The highest BCUT2D eigenvalue weighted by Crippen LogP contribution is 2.12. The number of carbonyl (C=O) groups excluding carboxylic acids is 1. The minimum Gasteiger partial charge on any atom is -0.376 e. The number of hydrogen-bond acceptors (Lipinski definition) is 5. The third-order valence-electron chi connectivity index (χ3n) is 3.99. The van der Waals surface area contributed by atoms with Gasteiger partial charge in [-0.15, -0.1) is 11.3 Å². The fourth-order valence-corrected chi connectivity index (χ4v) is 3.31. The van der Waals surface area contributed by atoms with Crippen LogP contribution in [0.3, 0.4) is 0 Å². The normalized spacial score (nSPS) is 15.6. The molecule has 0 aliphatic carbocycles. The second kappa shape index (κ2) is 7.57. The maximum absolute atomic E-state index is 12.3.